The molecule has 1 N–H and O–H groups in total. The third kappa shape index (κ3) is 2.50. The SMILES string of the molecule is CCc1cccc(NC(=O)c2ncnn2C)c1. The molecule has 0 aliphatic carbocycles. The predicted octanol–water partition coefficient (Wildman–Crippen LogP) is 1.63. The van der Waals surface area contributed by atoms with Crippen molar-refractivity contribution >= 4 is 11.6 Å². The molecule has 17 heavy (non-hydrogen) atoms. The summed E-state index contributed by atoms with van der Waals surface area (Å²) in [7, 11) is 1.68. The first kappa shape index (κ1) is 11.3. The van der Waals surface area contributed by atoms with Crippen molar-refractivity contribution < 1.29 is 4.79 Å². The minimum absolute atomic E-state index is 0.252. The largest absolute Gasteiger partial charge is 0.319 e. The number of rotatable bonds is 3. The van der Waals surface area contributed by atoms with Crippen molar-refractivity contribution in [3.8, 4) is 0 Å². The van der Waals surface area contributed by atoms with Crippen molar-refractivity contribution in [1.29, 1.82) is 0 Å². The van der Waals surface area contributed by atoms with Crippen LogP contribution in [0.2, 0.25) is 0 Å². The van der Waals surface area contributed by atoms with Crippen molar-refractivity contribution in [1.82, 2.24) is 14.8 Å². The minimum Gasteiger partial charge on any atom is -0.319 e. The Morgan fingerprint density at radius 1 is 1.47 bits per heavy atom. The Kier molecular flexibility index (Phi) is 3.18. The number of carbonyl (C=O) groups excluding carboxylic acids is 1. The normalized spacial score (nSPS) is 10.2. The van der Waals surface area contributed by atoms with Crippen molar-refractivity contribution in [2.45, 2.75) is 13.3 Å². The Bertz CT molecular complexity index is 533. The first-order chi connectivity index (χ1) is 8.20. The van der Waals surface area contributed by atoms with E-state index in [-0.39, 0.29) is 5.91 Å². The number of carbonyl (C=O) groups is 1. The topological polar surface area (TPSA) is 59.8 Å². The van der Waals surface area contributed by atoms with Crippen LogP contribution in [0.4, 0.5) is 5.69 Å². The van der Waals surface area contributed by atoms with Gasteiger partial charge >= 0.3 is 0 Å². The van der Waals surface area contributed by atoms with Gasteiger partial charge in [-0.25, -0.2) is 9.67 Å². The van der Waals surface area contributed by atoms with E-state index in [1.807, 2.05) is 24.3 Å². The van der Waals surface area contributed by atoms with Gasteiger partial charge in [0.25, 0.3) is 5.91 Å². The second kappa shape index (κ2) is 4.78. The highest BCUT2D eigenvalue weighted by molar-refractivity contribution is 6.01. The number of amides is 1. The van der Waals surface area contributed by atoms with Crippen molar-refractivity contribution in [2.75, 3.05) is 5.32 Å². The van der Waals surface area contributed by atoms with Gasteiger partial charge in [-0.1, -0.05) is 19.1 Å². The van der Waals surface area contributed by atoms with Crippen LogP contribution in [0.25, 0.3) is 0 Å². The summed E-state index contributed by atoms with van der Waals surface area (Å²) in [6.07, 6.45) is 2.30. The lowest BCUT2D eigenvalue weighted by Crippen LogP contribution is -2.17. The van der Waals surface area contributed by atoms with Crippen molar-refractivity contribution in [3.63, 3.8) is 0 Å². The van der Waals surface area contributed by atoms with Gasteiger partial charge in [-0.2, -0.15) is 5.10 Å². The molecule has 0 aliphatic rings. The Morgan fingerprint density at radius 2 is 2.29 bits per heavy atom. The van der Waals surface area contributed by atoms with Crippen LogP contribution in [-0.4, -0.2) is 20.7 Å². The van der Waals surface area contributed by atoms with Crippen molar-refractivity contribution in [2.24, 2.45) is 7.05 Å². The molecular formula is C12H14N4O. The first-order valence-corrected chi connectivity index (χ1v) is 5.45. The molecule has 2 aromatic rings. The molecule has 2 rings (SSSR count). The maximum atomic E-state index is 11.9. The van der Waals surface area contributed by atoms with Gasteiger partial charge < -0.3 is 5.32 Å². The van der Waals surface area contributed by atoms with Gasteiger partial charge in [-0.3, -0.25) is 4.79 Å². The van der Waals surface area contributed by atoms with Crippen LogP contribution in [0.3, 0.4) is 0 Å². The molecule has 0 fully saturated rings. The third-order valence-electron chi connectivity index (χ3n) is 2.51. The third-order valence-corrected chi connectivity index (χ3v) is 2.51. The monoisotopic (exact) mass is 230 g/mol. The quantitative estimate of drug-likeness (QED) is 0.871. The fourth-order valence-electron chi connectivity index (χ4n) is 1.56. The number of benzene rings is 1. The second-order valence-corrected chi connectivity index (χ2v) is 3.72. The van der Waals surface area contributed by atoms with Crippen LogP contribution in [0.5, 0.6) is 0 Å². The average molecular weight is 230 g/mol. The molecule has 88 valence electrons. The van der Waals surface area contributed by atoms with E-state index in [0.717, 1.165) is 12.1 Å². The Hall–Kier alpha value is -2.17. The number of nitrogens with one attached hydrogen (secondary N) is 1. The zero-order valence-corrected chi connectivity index (χ0v) is 9.84. The minimum atomic E-state index is -0.252. The summed E-state index contributed by atoms with van der Waals surface area (Å²) in [5.74, 6) is 0.0464. The molecule has 0 saturated carbocycles. The maximum Gasteiger partial charge on any atom is 0.293 e. The van der Waals surface area contributed by atoms with Gasteiger partial charge in [0, 0.05) is 12.7 Å². The Labute approximate surface area is 99.5 Å². The molecule has 5 heteroatoms. The summed E-state index contributed by atoms with van der Waals surface area (Å²) < 4.78 is 1.44. The number of aromatic nitrogens is 3. The standard InChI is InChI=1S/C12H14N4O/c1-3-9-5-4-6-10(7-9)15-12(17)11-13-8-14-16(11)2/h4-8H,3H2,1-2H3,(H,15,17). The summed E-state index contributed by atoms with van der Waals surface area (Å²) in [6.45, 7) is 2.07. The maximum absolute atomic E-state index is 11.9. The summed E-state index contributed by atoms with van der Waals surface area (Å²) >= 11 is 0. The molecule has 0 unspecified atom stereocenters. The fraction of sp³-hybridized carbons (Fsp3) is 0.250. The lowest BCUT2D eigenvalue weighted by Gasteiger charge is -2.05. The van der Waals surface area contributed by atoms with E-state index >= 15 is 0 Å². The Morgan fingerprint density at radius 3 is 2.94 bits per heavy atom. The van der Waals surface area contributed by atoms with E-state index < -0.39 is 0 Å². The lowest BCUT2D eigenvalue weighted by atomic mass is 10.1. The molecule has 0 bridgehead atoms. The molecule has 1 aromatic carbocycles. The van der Waals surface area contributed by atoms with E-state index in [2.05, 4.69) is 22.3 Å². The number of hydrogen-bond donors (Lipinski definition) is 1. The number of aryl methyl sites for hydroxylation is 2. The van der Waals surface area contributed by atoms with E-state index in [9.17, 15) is 4.79 Å². The van der Waals surface area contributed by atoms with Crippen molar-refractivity contribution in [3.05, 3.63) is 42.0 Å². The van der Waals surface area contributed by atoms with Gasteiger partial charge in [-0.05, 0) is 24.1 Å². The predicted molar refractivity (Wildman–Crippen MR) is 64.8 cm³/mol. The van der Waals surface area contributed by atoms with Crippen LogP contribution in [0, 0.1) is 0 Å². The molecule has 0 atom stereocenters. The second-order valence-electron chi connectivity index (χ2n) is 3.72. The zero-order valence-electron chi connectivity index (χ0n) is 9.84. The smallest absolute Gasteiger partial charge is 0.293 e. The summed E-state index contributed by atoms with van der Waals surface area (Å²) in [6, 6.07) is 7.75. The number of hydrogen-bond acceptors (Lipinski definition) is 3. The van der Waals surface area contributed by atoms with Crippen LogP contribution >= 0.6 is 0 Å². The molecule has 0 radical (unpaired) electrons. The molecule has 1 heterocycles. The number of anilines is 1. The molecule has 0 saturated heterocycles. The highest BCUT2D eigenvalue weighted by atomic mass is 16.2. The van der Waals surface area contributed by atoms with E-state index in [4.69, 9.17) is 0 Å². The average Bonchev–Trinajstić information content (AvgIpc) is 2.76. The lowest BCUT2D eigenvalue weighted by molar-refractivity contribution is 0.101. The number of nitrogens with zero attached hydrogens (tertiary/aromatic N) is 3. The fourth-order valence-corrected chi connectivity index (χ4v) is 1.56. The molecule has 1 amide bonds. The molecule has 0 aliphatic heterocycles. The molecule has 0 spiro atoms. The molecule has 1 aromatic heterocycles. The van der Waals surface area contributed by atoms with Gasteiger partial charge in [0.2, 0.25) is 5.82 Å². The summed E-state index contributed by atoms with van der Waals surface area (Å²) in [4.78, 5) is 15.8. The van der Waals surface area contributed by atoms with Gasteiger partial charge in [0.15, 0.2) is 0 Å². The van der Waals surface area contributed by atoms with Gasteiger partial charge in [0.1, 0.15) is 6.33 Å². The van der Waals surface area contributed by atoms with Crippen LogP contribution in [0.1, 0.15) is 23.1 Å². The van der Waals surface area contributed by atoms with Crippen LogP contribution in [-0.2, 0) is 13.5 Å². The Balaban J connectivity index is 2.16. The summed E-state index contributed by atoms with van der Waals surface area (Å²) in [5.41, 5.74) is 1.96. The highest BCUT2D eigenvalue weighted by Gasteiger charge is 2.11. The van der Waals surface area contributed by atoms with Gasteiger partial charge in [-0.15, -0.1) is 0 Å². The molecule has 5 nitrogen and oxygen atoms in total. The summed E-state index contributed by atoms with van der Waals surface area (Å²) in [5, 5.41) is 6.66. The zero-order chi connectivity index (χ0) is 12.3. The van der Waals surface area contributed by atoms with E-state index in [1.54, 1.807) is 7.05 Å². The highest BCUT2D eigenvalue weighted by Crippen LogP contribution is 2.11. The van der Waals surface area contributed by atoms with Gasteiger partial charge in [0.05, 0.1) is 0 Å². The van der Waals surface area contributed by atoms with Crippen LogP contribution < -0.4 is 5.32 Å². The van der Waals surface area contributed by atoms with E-state index in [1.165, 1.54) is 16.6 Å². The van der Waals surface area contributed by atoms with E-state index in [0.29, 0.717) is 5.82 Å². The first-order valence-electron chi connectivity index (χ1n) is 5.45. The van der Waals surface area contributed by atoms with Crippen LogP contribution in [0.15, 0.2) is 30.6 Å². The molecular weight excluding hydrogens is 216 g/mol.